The fourth-order valence-corrected chi connectivity index (χ4v) is 2.09. The Kier molecular flexibility index (Phi) is 3.44. The fourth-order valence-electron chi connectivity index (χ4n) is 2.09. The van der Waals surface area contributed by atoms with Gasteiger partial charge in [-0.25, -0.2) is 4.39 Å². The molecule has 1 aliphatic rings. The Hall–Kier alpha value is -1.09. The highest BCUT2D eigenvalue weighted by Gasteiger charge is 2.30. The Morgan fingerprint density at radius 1 is 1.50 bits per heavy atom. The van der Waals surface area contributed by atoms with Crippen molar-refractivity contribution >= 4 is 0 Å². The summed E-state index contributed by atoms with van der Waals surface area (Å²) in [6.45, 7) is 0. The standard InChI is InChI=1S/C13H18FNO/c1-15-12(10-4-5-10)8-9-3-6-13(16-2)11(14)7-9/h3,6-7,10,12,15H,4-5,8H2,1-2H3. The summed E-state index contributed by atoms with van der Waals surface area (Å²) in [5, 5.41) is 3.31. The molecule has 1 atom stereocenters. The highest BCUT2D eigenvalue weighted by atomic mass is 19.1. The Balaban J connectivity index is 2.05. The molecule has 0 saturated heterocycles. The third-order valence-corrected chi connectivity index (χ3v) is 3.23. The van der Waals surface area contributed by atoms with Crippen molar-refractivity contribution in [3.63, 3.8) is 0 Å². The second-order valence-corrected chi connectivity index (χ2v) is 4.41. The normalized spacial score (nSPS) is 17.2. The van der Waals surface area contributed by atoms with Crippen LogP contribution in [0.25, 0.3) is 0 Å². The first-order valence-electron chi connectivity index (χ1n) is 5.74. The summed E-state index contributed by atoms with van der Waals surface area (Å²) in [5.74, 6) is 0.817. The zero-order chi connectivity index (χ0) is 11.5. The molecule has 1 N–H and O–H groups in total. The van der Waals surface area contributed by atoms with Crippen molar-refractivity contribution in [2.75, 3.05) is 14.2 Å². The molecule has 0 bridgehead atoms. The van der Waals surface area contributed by atoms with Gasteiger partial charge in [0.05, 0.1) is 7.11 Å². The fraction of sp³-hybridized carbons (Fsp3) is 0.538. The molecule has 1 aromatic carbocycles. The predicted octanol–water partition coefficient (Wildman–Crippen LogP) is 2.37. The number of halogens is 1. The SMILES string of the molecule is CNC(Cc1ccc(OC)c(F)c1)C1CC1. The largest absolute Gasteiger partial charge is 0.494 e. The van der Waals surface area contributed by atoms with Gasteiger partial charge in [0.2, 0.25) is 0 Å². The molecule has 1 fully saturated rings. The van der Waals surface area contributed by atoms with E-state index in [2.05, 4.69) is 5.32 Å². The molecule has 16 heavy (non-hydrogen) atoms. The number of benzene rings is 1. The molecule has 0 heterocycles. The molecule has 0 aromatic heterocycles. The summed E-state index contributed by atoms with van der Waals surface area (Å²) < 4.78 is 18.4. The number of hydrogen-bond donors (Lipinski definition) is 1. The lowest BCUT2D eigenvalue weighted by molar-refractivity contribution is 0.385. The van der Waals surface area contributed by atoms with Gasteiger partial charge in [0.25, 0.3) is 0 Å². The molecule has 1 saturated carbocycles. The Labute approximate surface area is 95.8 Å². The van der Waals surface area contributed by atoms with Crippen LogP contribution in [0.3, 0.4) is 0 Å². The third kappa shape index (κ3) is 2.53. The first-order valence-corrected chi connectivity index (χ1v) is 5.74. The Morgan fingerprint density at radius 2 is 2.25 bits per heavy atom. The van der Waals surface area contributed by atoms with Crippen LogP contribution in [0.4, 0.5) is 4.39 Å². The molecular formula is C13H18FNO. The lowest BCUT2D eigenvalue weighted by Crippen LogP contribution is -2.29. The van der Waals surface area contributed by atoms with Gasteiger partial charge in [-0.05, 0) is 49.9 Å². The van der Waals surface area contributed by atoms with Gasteiger partial charge in [0, 0.05) is 6.04 Å². The zero-order valence-corrected chi connectivity index (χ0v) is 9.79. The molecule has 0 spiro atoms. The van der Waals surface area contributed by atoms with Crippen LogP contribution in [0.15, 0.2) is 18.2 Å². The molecule has 1 aromatic rings. The summed E-state index contributed by atoms with van der Waals surface area (Å²) in [4.78, 5) is 0. The molecule has 0 radical (unpaired) electrons. The summed E-state index contributed by atoms with van der Waals surface area (Å²) in [6.07, 6.45) is 3.48. The van der Waals surface area contributed by atoms with Crippen molar-refractivity contribution in [1.82, 2.24) is 5.32 Å². The highest BCUT2D eigenvalue weighted by molar-refractivity contribution is 5.29. The molecule has 88 valence electrons. The number of rotatable bonds is 5. The zero-order valence-electron chi connectivity index (χ0n) is 9.79. The average Bonchev–Trinajstić information content (AvgIpc) is 3.10. The number of methoxy groups -OCH3 is 1. The maximum Gasteiger partial charge on any atom is 0.165 e. The molecule has 2 rings (SSSR count). The topological polar surface area (TPSA) is 21.3 Å². The van der Waals surface area contributed by atoms with Gasteiger partial charge in [-0.2, -0.15) is 0 Å². The second kappa shape index (κ2) is 4.83. The number of ether oxygens (including phenoxy) is 1. The highest BCUT2D eigenvalue weighted by Crippen LogP contribution is 2.34. The molecular weight excluding hydrogens is 205 g/mol. The monoisotopic (exact) mass is 223 g/mol. The van der Waals surface area contributed by atoms with Crippen LogP contribution >= 0.6 is 0 Å². The van der Waals surface area contributed by atoms with E-state index in [1.165, 1.54) is 20.0 Å². The van der Waals surface area contributed by atoms with Crippen LogP contribution in [-0.2, 0) is 6.42 Å². The van der Waals surface area contributed by atoms with Gasteiger partial charge in [-0.3, -0.25) is 0 Å². The maximum atomic E-state index is 13.5. The van der Waals surface area contributed by atoms with Crippen molar-refractivity contribution in [1.29, 1.82) is 0 Å². The molecule has 0 amide bonds. The van der Waals surface area contributed by atoms with Crippen molar-refractivity contribution in [2.24, 2.45) is 5.92 Å². The molecule has 1 unspecified atom stereocenters. The maximum absolute atomic E-state index is 13.5. The number of likely N-dealkylation sites (N-methyl/N-ethyl adjacent to an activating group) is 1. The molecule has 3 heteroatoms. The molecule has 2 nitrogen and oxygen atoms in total. The summed E-state index contributed by atoms with van der Waals surface area (Å²) in [7, 11) is 3.46. The van der Waals surface area contributed by atoms with Crippen LogP contribution in [0.1, 0.15) is 18.4 Å². The van der Waals surface area contributed by atoms with E-state index in [1.807, 2.05) is 13.1 Å². The Morgan fingerprint density at radius 3 is 2.75 bits per heavy atom. The predicted molar refractivity (Wildman–Crippen MR) is 62.2 cm³/mol. The number of hydrogen-bond acceptors (Lipinski definition) is 2. The Bertz CT molecular complexity index is 363. The summed E-state index contributed by atoms with van der Waals surface area (Å²) >= 11 is 0. The second-order valence-electron chi connectivity index (χ2n) is 4.41. The first kappa shape index (κ1) is 11.4. The van der Waals surface area contributed by atoms with Crippen LogP contribution in [0.2, 0.25) is 0 Å². The van der Waals surface area contributed by atoms with Gasteiger partial charge in [0.15, 0.2) is 11.6 Å². The van der Waals surface area contributed by atoms with Crippen molar-refractivity contribution in [3.05, 3.63) is 29.6 Å². The summed E-state index contributed by atoms with van der Waals surface area (Å²) in [6, 6.07) is 5.69. The van der Waals surface area contributed by atoms with Crippen LogP contribution in [-0.4, -0.2) is 20.2 Å². The van der Waals surface area contributed by atoms with E-state index in [-0.39, 0.29) is 5.82 Å². The van der Waals surface area contributed by atoms with Gasteiger partial charge >= 0.3 is 0 Å². The van der Waals surface area contributed by atoms with Gasteiger partial charge in [0.1, 0.15) is 0 Å². The average molecular weight is 223 g/mol. The molecule has 0 aliphatic heterocycles. The van der Waals surface area contributed by atoms with Crippen LogP contribution < -0.4 is 10.1 Å². The first-order chi connectivity index (χ1) is 7.74. The van der Waals surface area contributed by atoms with Crippen molar-refractivity contribution in [3.8, 4) is 5.75 Å². The van der Waals surface area contributed by atoms with E-state index in [0.717, 1.165) is 17.9 Å². The van der Waals surface area contributed by atoms with Gasteiger partial charge < -0.3 is 10.1 Å². The van der Waals surface area contributed by atoms with E-state index < -0.39 is 0 Å². The van der Waals surface area contributed by atoms with Crippen LogP contribution in [0, 0.1) is 11.7 Å². The minimum atomic E-state index is -0.273. The van der Waals surface area contributed by atoms with E-state index in [0.29, 0.717) is 11.8 Å². The van der Waals surface area contributed by atoms with Crippen molar-refractivity contribution < 1.29 is 9.13 Å². The molecule has 1 aliphatic carbocycles. The van der Waals surface area contributed by atoms with Crippen molar-refractivity contribution in [2.45, 2.75) is 25.3 Å². The quantitative estimate of drug-likeness (QED) is 0.827. The van der Waals surface area contributed by atoms with E-state index in [1.54, 1.807) is 12.1 Å². The van der Waals surface area contributed by atoms with Gasteiger partial charge in [-0.1, -0.05) is 6.07 Å². The third-order valence-electron chi connectivity index (χ3n) is 3.23. The van der Waals surface area contributed by atoms with E-state index in [9.17, 15) is 4.39 Å². The van der Waals surface area contributed by atoms with Gasteiger partial charge in [-0.15, -0.1) is 0 Å². The lowest BCUT2D eigenvalue weighted by atomic mass is 10.0. The minimum Gasteiger partial charge on any atom is -0.494 e. The smallest absolute Gasteiger partial charge is 0.165 e. The van der Waals surface area contributed by atoms with E-state index in [4.69, 9.17) is 4.74 Å². The number of nitrogens with one attached hydrogen (secondary N) is 1. The lowest BCUT2D eigenvalue weighted by Gasteiger charge is -2.15. The van der Waals surface area contributed by atoms with Crippen LogP contribution in [0.5, 0.6) is 5.75 Å². The summed E-state index contributed by atoms with van der Waals surface area (Å²) in [5.41, 5.74) is 1.03. The minimum absolute atomic E-state index is 0.273. The van der Waals surface area contributed by atoms with E-state index >= 15 is 0 Å².